The molecule has 0 heterocycles. The average Bonchev–Trinajstić information content (AvgIpc) is 2.39. The number of unbranched alkanes of at least 4 members (excludes halogenated alkanes) is 1. The highest BCUT2D eigenvalue weighted by Crippen LogP contribution is 1.89. The third-order valence-electron chi connectivity index (χ3n) is 2.41. The predicted molar refractivity (Wildman–Crippen MR) is 98.0 cm³/mol. The van der Waals surface area contributed by atoms with Crippen molar-refractivity contribution in [3.05, 3.63) is 0 Å². The lowest BCUT2D eigenvalue weighted by Gasteiger charge is -2.12. The zero-order valence-corrected chi connectivity index (χ0v) is 16.3. The van der Waals surface area contributed by atoms with Crippen LogP contribution in [0, 0.1) is 0 Å². The van der Waals surface area contributed by atoms with E-state index in [1.54, 1.807) is 7.05 Å². The fourth-order valence-electron chi connectivity index (χ4n) is 1.37. The molecular weight excluding hydrogens is 407 g/mol. The maximum absolute atomic E-state index is 10.9. The number of guanidine groups is 1. The van der Waals surface area contributed by atoms with Crippen molar-refractivity contribution in [2.75, 3.05) is 46.2 Å². The Labute approximate surface area is 145 Å². The smallest absolute Gasteiger partial charge is 0.208 e. The summed E-state index contributed by atoms with van der Waals surface area (Å²) in [7, 11) is -1.45. The number of rotatable bonds is 11. The highest BCUT2D eigenvalue weighted by Gasteiger charge is 2.00. The fraction of sp³-hybridized carbons (Fsp3) is 0.917. The summed E-state index contributed by atoms with van der Waals surface area (Å²) < 4.78 is 29.6. The zero-order chi connectivity index (χ0) is 15.3. The largest absolute Gasteiger partial charge is 0.381 e. The number of sulfonamides is 1. The lowest BCUT2D eigenvalue weighted by atomic mass is 10.4. The van der Waals surface area contributed by atoms with Gasteiger partial charge in [0.1, 0.15) is 0 Å². The molecule has 0 rings (SSSR count). The number of hydrogen-bond donors (Lipinski definition) is 3. The van der Waals surface area contributed by atoms with Crippen LogP contribution in [0.2, 0.25) is 0 Å². The van der Waals surface area contributed by atoms with Gasteiger partial charge in [-0.05, 0) is 12.8 Å². The molecule has 0 aliphatic carbocycles. The van der Waals surface area contributed by atoms with Gasteiger partial charge in [-0.15, -0.1) is 24.0 Å². The van der Waals surface area contributed by atoms with Crippen LogP contribution in [0.3, 0.4) is 0 Å². The maximum Gasteiger partial charge on any atom is 0.208 e. The van der Waals surface area contributed by atoms with E-state index in [4.69, 9.17) is 4.74 Å². The van der Waals surface area contributed by atoms with Gasteiger partial charge in [-0.2, -0.15) is 0 Å². The van der Waals surface area contributed by atoms with Crippen molar-refractivity contribution in [2.45, 2.75) is 26.2 Å². The third-order valence-corrected chi connectivity index (χ3v) is 3.13. The van der Waals surface area contributed by atoms with Crippen LogP contribution in [0.25, 0.3) is 0 Å². The molecule has 0 saturated carbocycles. The van der Waals surface area contributed by atoms with Crippen molar-refractivity contribution in [1.29, 1.82) is 0 Å². The van der Waals surface area contributed by atoms with Gasteiger partial charge in [-0.25, -0.2) is 13.1 Å². The molecule has 0 radical (unpaired) electrons. The van der Waals surface area contributed by atoms with E-state index in [9.17, 15) is 8.42 Å². The van der Waals surface area contributed by atoms with Crippen molar-refractivity contribution in [3.63, 3.8) is 0 Å². The van der Waals surface area contributed by atoms with E-state index >= 15 is 0 Å². The number of nitrogens with one attached hydrogen (secondary N) is 3. The first-order valence-electron chi connectivity index (χ1n) is 6.96. The average molecular weight is 436 g/mol. The second-order valence-corrected chi connectivity index (χ2v) is 6.24. The van der Waals surface area contributed by atoms with E-state index in [0.717, 1.165) is 45.3 Å². The van der Waals surface area contributed by atoms with Gasteiger partial charge in [-0.1, -0.05) is 13.3 Å². The lowest BCUT2D eigenvalue weighted by molar-refractivity contribution is 0.129. The lowest BCUT2D eigenvalue weighted by Crippen LogP contribution is -2.41. The molecule has 0 amide bonds. The third kappa shape index (κ3) is 17.8. The molecule has 21 heavy (non-hydrogen) atoms. The summed E-state index contributed by atoms with van der Waals surface area (Å²) in [5.74, 6) is 0.661. The highest BCUT2D eigenvalue weighted by atomic mass is 127. The van der Waals surface area contributed by atoms with E-state index in [-0.39, 0.29) is 24.0 Å². The summed E-state index contributed by atoms with van der Waals surface area (Å²) in [6.07, 6.45) is 4.30. The predicted octanol–water partition coefficient (Wildman–Crippen LogP) is 0.525. The topological polar surface area (TPSA) is 91.8 Å². The minimum absolute atomic E-state index is 0. The molecule has 0 aliphatic rings. The molecule has 0 saturated heterocycles. The number of ether oxygens (including phenoxy) is 1. The standard InChI is InChI=1S/C12H28N4O3S.HI/c1-4-5-10-19-11-6-7-14-12(13-2)15-8-9-16-20(3,17)18;/h16H,4-11H2,1-3H3,(H2,13,14,15);1H. The van der Waals surface area contributed by atoms with Crippen molar-refractivity contribution < 1.29 is 13.2 Å². The van der Waals surface area contributed by atoms with E-state index in [1.165, 1.54) is 0 Å². The van der Waals surface area contributed by atoms with Gasteiger partial charge in [0.15, 0.2) is 5.96 Å². The number of hydrogen-bond acceptors (Lipinski definition) is 4. The Morgan fingerprint density at radius 1 is 1.10 bits per heavy atom. The Bertz CT molecular complexity index is 364. The molecule has 128 valence electrons. The van der Waals surface area contributed by atoms with Gasteiger partial charge in [0, 0.05) is 39.9 Å². The minimum atomic E-state index is -3.13. The summed E-state index contributed by atoms with van der Waals surface area (Å²) in [6.45, 7) is 5.28. The molecule has 0 aromatic heterocycles. The summed E-state index contributed by atoms with van der Waals surface area (Å²) in [6, 6.07) is 0. The van der Waals surface area contributed by atoms with Gasteiger partial charge in [0.25, 0.3) is 0 Å². The second-order valence-electron chi connectivity index (χ2n) is 4.41. The summed E-state index contributed by atoms with van der Waals surface area (Å²) in [5, 5.41) is 6.16. The molecule has 0 aliphatic heterocycles. The highest BCUT2D eigenvalue weighted by molar-refractivity contribution is 14.0. The summed E-state index contributed by atoms with van der Waals surface area (Å²) in [5.41, 5.74) is 0. The van der Waals surface area contributed by atoms with E-state index in [0.29, 0.717) is 19.0 Å². The summed E-state index contributed by atoms with van der Waals surface area (Å²) >= 11 is 0. The fourth-order valence-corrected chi connectivity index (χ4v) is 1.84. The first-order chi connectivity index (χ1) is 9.49. The molecule has 0 atom stereocenters. The minimum Gasteiger partial charge on any atom is -0.381 e. The molecule has 9 heteroatoms. The van der Waals surface area contributed by atoms with Crippen molar-refractivity contribution in [1.82, 2.24) is 15.4 Å². The molecular formula is C12H29IN4O3S. The van der Waals surface area contributed by atoms with Gasteiger partial charge < -0.3 is 15.4 Å². The first kappa shape index (κ1) is 23.1. The van der Waals surface area contributed by atoms with E-state index < -0.39 is 10.0 Å². The molecule has 0 bridgehead atoms. The van der Waals surface area contributed by atoms with E-state index in [2.05, 4.69) is 27.3 Å². The number of halogens is 1. The van der Waals surface area contributed by atoms with Crippen LogP contribution < -0.4 is 15.4 Å². The number of nitrogens with zero attached hydrogens (tertiary/aromatic N) is 1. The van der Waals surface area contributed by atoms with E-state index in [1.807, 2.05) is 0 Å². The first-order valence-corrected chi connectivity index (χ1v) is 8.85. The number of aliphatic imine (C=N–C) groups is 1. The molecule has 0 fully saturated rings. The maximum atomic E-state index is 10.9. The molecule has 0 spiro atoms. The summed E-state index contributed by atoms with van der Waals surface area (Å²) in [4.78, 5) is 4.05. The molecule has 0 aromatic carbocycles. The zero-order valence-electron chi connectivity index (χ0n) is 13.1. The molecule has 7 nitrogen and oxygen atoms in total. The normalized spacial score (nSPS) is 11.9. The Kier molecular flexibility index (Phi) is 16.3. The monoisotopic (exact) mass is 436 g/mol. The Morgan fingerprint density at radius 3 is 2.29 bits per heavy atom. The SMILES string of the molecule is CCCCOCCCNC(=NC)NCCNS(C)(=O)=O.I. The Balaban J connectivity index is 0. The van der Waals surface area contributed by atoms with Gasteiger partial charge in [-0.3, -0.25) is 4.99 Å². The van der Waals surface area contributed by atoms with Crippen LogP contribution in [-0.4, -0.2) is 60.5 Å². The van der Waals surface area contributed by atoms with Crippen molar-refractivity contribution >= 4 is 40.0 Å². The molecule has 3 N–H and O–H groups in total. The quantitative estimate of drug-likeness (QED) is 0.190. The Hall–Kier alpha value is -0.130. The van der Waals surface area contributed by atoms with Gasteiger partial charge in [0.2, 0.25) is 10.0 Å². The van der Waals surface area contributed by atoms with Crippen molar-refractivity contribution in [2.24, 2.45) is 4.99 Å². The Morgan fingerprint density at radius 2 is 1.71 bits per heavy atom. The van der Waals surface area contributed by atoms with Crippen molar-refractivity contribution in [3.8, 4) is 0 Å². The van der Waals surface area contributed by atoms with Gasteiger partial charge >= 0.3 is 0 Å². The second kappa shape index (κ2) is 14.8. The van der Waals surface area contributed by atoms with Crippen LogP contribution in [0.15, 0.2) is 4.99 Å². The van der Waals surface area contributed by atoms with Crippen LogP contribution in [0.5, 0.6) is 0 Å². The molecule has 0 unspecified atom stereocenters. The molecule has 0 aromatic rings. The van der Waals surface area contributed by atoms with Crippen LogP contribution in [0.4, 0.5) is 0 Å². The van der Waals surface area contributed by atoms with Crippen LogP contribution in [0.1, 0.15) is 26.2 Å². The van der Waals surface area contributed by atoms with Crippen LogP contribution in [-0.2, 0) is 14.8 Å². The van der Waals surface area contributed by atoms with Gasteiger partial charge in [0.05, 0.1) is 6.26 Å². The van der Waals surface area contributed by atoms with Crippen LogP contribution >= 0.6 is 24.0 Å².